The molecule has 2 atom stereocenters. The van der Waals surface area contributed by atoms with E-state index in [4.69, 9.17) is 0 Å². The Hall–Kier alpha value is -2.09. The van der Waals surface area contributed by atoms with Crippen molar-refractivity contribution in [3.8, 4) is 0 Å². The lowest BCUT2D eigenvalue weighted by atomic mass is 10.1. The van der Waals surface area contributed by atoms with Gasteiger partial charge in [-0.05, 0) is 26.3 Å². The number of hydrogen-bond donors (Lipinski definition) is 1. The summed E-state index contributed by atoms with van der Waals surface area (Å²) in [4.78, 5) is 36.5. The predicted octanol–water partition coefficient (Wildman–Crippen LogP) is 2.30. The van der Waals surface area contributed by atoms with Gasteiger partial charge in [0.15, 0.2) is 0 Å². The quantitative estimate of drug-likeness (QED) is 0.676. The van der Waals surface area contributed by atoms with Crippen LogP contribution in [0.15, 0.2) is 18.2 Å². The lowest BCUT2D eigenvalue weighted by Gasteiger charge is -2.29. The standard InChI is InChI=1S/C15H17N3O4S/c1-9-10(4-3-5-11(9)18(21)22)16-14(20)12-8-23-15(2)7-6-13(19)17(12)15/h3-5,12H,6-8H2,1-2H3,(H,16,20). The Balaban J connectivity index is 1.82. The molecule has 2 fully saturated rings. The van der Waals surface area contributed by atoms with E-state index in [1.165, 1.54) is 12.1 Å². The Kier molecular flexibility index (Phi) is 3.79. The van der Waals surface area contributed by atoms with Gasteiger partial charge in [-0.1, -0.05) is 6.07 Å². The smallest absolute Gasteiger partial charge is 0.274 e. The van der Waals surface area contributed by atoms with Crippen LogP contribution in [0.5, 0.6) is 0 Å². The third kappa shape index (κ3) is 2.56. The molecule has 2 aliphatic heterocycles. The molecule has 7 nitrogen and oxygen atoms in total. The summed E-state index contributed by atoms with van der Waals surface area (Å²) in [5, 5.41) is 13.7. The highest BCUT2D eigenvalue weighted by atomic mass is 32.2. The maximum atomic E-state index is 12.6. The number of rotatable bonds is 3. The number of hydrogen-bond acceptors (Lipinski definition) is 5. The number of carbonyl (C=O) groups is 2. The minimum atomic E-state index is -0.529. The van der Waals surface area contributed by atoms with Crippen molar-refractivity contribution in [3.05, 3.63) is 33.9 Å². The third-order valence-corrected chi connectivity index (χ3v) is 6.01. The predicted molar refractivity (Wildman–Crippen MR) is 87.2 cm³/mol. The van der Waals surface area contributed by atoms with Crippen molar-refractivity contribution in [2.45, 2.75) is 37.6 Å². The van der Waals surface area contributed by atoms with Crippen molar-refractivity contribution >= 4 is 35.0 Å². The third-order valence-electron chi connectivity index (χ3n) is 4.51. The van der Waals surface area contributed by atoms with Crippen molar-refractivity contribution < 1.29 is 14.5 Å². The normalized spacial score (nSPS) is 26.3. The van der Waals surface area contributed by atoms with Crippen molar-refractivity contribution in [2.75, 3.05) is 11.1 Å². The average Bonchev–Trinajstić information content (AvgIpc) is 2.98. The molecule has 2 saturated heterocycles. The first-order valence-electron chi connectivity index (χ1n) is 7.34. The summed E-state index contributed by atoms with van der Waals surface area (Å²) in [6.45, 7) is 3.58. The van der Waals surface area contributed by atoms with Crippen molar-refractivity contribution in [3.63, 3.8) is 0 Å². The van der Waals surface area contributed by atoms with E-state index in [9.17, 15) is 19.7 Å². The number of thioether (sulfide) groups is 1. The summed E-state index contributed by atoms with van der Waals surface area (Å²) in [7, 11) is 0. The number of fused-ring (bicyclic) bond motifs is 1. The van der Waals surface area contributed by atoms with Gasteiger partial charge in [-0.3, -0.25) is 19.7 Å². The Morgan fingerprint density at radius 2 is 2.26 bits per heavy atom. The van der Waals surface area contributed by atoms with Crippen LogP contribution in [-0.2, 0) is 9.59 Å². The SMILES string of the molecule is Cc1c(NC(=O)C2CSC3(C)CCC(=O)N23)cccc1[N+](=O)[O-]. The van der Waals surface area contributed by atoms with Crippen LogP contribution in [0.4, 0.5) is 11.4 Å². The first kappa shape index (κ1) is 15.8. The molecule has 0 aromatic heterocycles. The fourth-order valence-corrected chi connectivity index (χ4v) is 4.62. The molecule has 1 aromatic rings. The second-order valence-electron chi connectivity index (χ2n) is 5.96. The maximum Gasteiger partial charge on any atom is 0.274 e. The van der Waals surface area contributed by atoms with Crippen LogP contribution in [0.1, 0.15) is 25.3 Å². The highest BCUT2D eigenvalue weighted by Gasteiger charge is 2.52. The molecule has 23 heavy (non-hydrogen) atoms. The summed E-state index contributed by atoms with van der Waals surface area (Å²) in [5.74, 6) is 0.246. The molecule has 3 rings (SSSR count). The molecule has 2 aliphatic rings. The molecule has 0 aliphatic carbocycles. The maximum absolute atomic E-state index is 12.6. The molecule has 0 radical (unpaired) electrons. The van der Waals surface area contributed by atoms with E-state index in [1.807, 2.05) is 6.92 Å². The van der Waals surface area contributed by atoms with Crippen LogP contribution in [-0.4, -0.2) is 38.3 Å². The number of nitrogens with zero attached hydrogens (tertiary/aromatic N) is 2. The molecular weight excluding hydrogens is 318 g/mol. The minimum absolute atomic E-state index is 0.00610. The summed E-state index contributed by atoms with van der Waals surface area (Å²) in [5.41, 5.74) is 0.784. The molecule has 0 saturated carbocycles. The number of carbonyl (C=O) groups excluding carboxylic acids is 2. The molecule has 1 aromatic carbocycles. The van der Waals surface area contributed by atoms with Crippen molar-refractivity contribution in [1.82, 2.24) is 4.90 Å². The van der Waals surface area contributed by atoms with Gasteiger partial charge >= 0.3 is 0 Å². The monoisotopic (exact) mass is 335 g/mol. The fraction of sp³-hybridized carbons (Fsp3) is 0.467. The number of nitrogens with one attached hydrogen (secondary N) is 1. The Bertz CT molecular complexity index is 708. The summed E-state index contributed by atoms with van der Waals surface area (Å²) in [6, 6.07) is 4.04. The number of nitro benzene ring substituents is 1. The molecule has 2 heterocycles. The molecule has 8 heteroatoms. The Morgan fingerprint density at radius 1 is 1.52 bits per heavy atom. The van der Waals surface area contributed by atoms with Crippen LogP contribution < -0.4 is 5.32 Å². The summed E-state index contributed by atoms with van der Waals surface area (Å²) >= 11 is 1.61. The van der Waals surface area contributed by atoms with Gasteiger partial charge in [-0.2, -0.15) is 0 Å². The van der Waals surface area contributed by atoms with Gasteiger partial charge in [0, 0.05) is 18.2 Å². The van der Waals surface area contributed by atoms with Gasteiger partial charge in [0.1, 0.15) is 6.04 Å². The lowest BCUT2D eigenvalue weighted by Crippen LogP contribution is -2.48. The van der Waals surface area contributed by atoms with Gasteiger partial charge in [0.05, 0.1) is 21.0 Å². The van der Waals surface area contributed by atoms with E-state index in [0.29, 0.717) is 23.4 Å². The van der Waals surface area contributed by atoms with E-state index < -0.39 is 11.0 Å². The van der Waals surface area contributed by atoms with Crippen molar-refractivity contribution in [1.29, 1.82) is 0 Å². The van der Waals surface area contributed by atoms with Crippen LogP contribution in [0.25, 0.3) is 0 Å². The number of anilines is 1. The second kappa shape index (κ2) is 5.52. The number of benzene rings is 1. The zero-order chi connectivity index (χ0) is 16.8. The topological polar surface area (TPSA) is 92.6 Å². The number of amides is 2. The zero-order valence-corrected chi connectivity index (χ0v) is 13.7. The molecule has 122 valence electrons. The molecule has 2 amide bonds. The van der Waals surface area contributed by atoms with Crippen LogP contribution in [0.2, 0.25) is 0 Å². The second-order valence-corrected chi connectivity index (χ2v) is 7.46. The van der Waals surface area contributed by atoms with Gasteiger partial charge in [0.25, 0.3) is 5.69 Å². The van der Waals surface area contributed by atoms with E-state index in [-0.39, 0.29) is 22.4 Å². The Labute approximate surface area is 137 Å². The average molecular weight is 335 g/mol. The van der Waals surface area contributed by atoms with Gasteiger partial charge in [-0.15, -0.1) is 11.8 Å². The number of nitro groups is 1. The first-order valence-corrected chi connectivity index (χ1v) is 8.33. The van der Waals surface area contributed by atoms with E-state index >= 15 is 0 Å². The highest BCUT2D eigenvalue weighted by Crippen LogP contribution is 2.47. The van der Waals surface area contributed by atoms with Gasteiger partial charge in [0.2, 0.25) is 11.8 Å². The van der Waals surface area contributed by atoms with Crippen LogP contribution in [0, 0.1) is 17.0 Å². The largest absolute Gasteiger partial charge is 0.324 e. The molecule has 0 bridgehead atoms. The zero-order valence-electron chi connectivity index (χ0n) is 12.9. The molecular formula is C15H17N3O4S. The summed E-state index contributed by atoms with van der Waals surface area (Å²) in [6.07, 6.45) is 1.21. The Morgan fingerprint density at radius 3 is 2.96 bits per heavy atom. The van der Waals surface area contributed by atoms with Gasteiger partial charge in [-0.25, -0.2) is 0 Å². The molecule has 0 spiro atoms. The van der Waals surface area contributed by atoms with E-state index in [2.05, 4.69) is 5.32 Å². The summed E-state index contributed by atoms with van der Waals surface area (Å²) < 4.78 is 0. The first-order chi connectivity index (χ1) is 10.8. The minimum Gasteiger partial charge on any atom is -0.324 e. The highest BCUT2D eigenvalue weighted by molar-refractivity contribution is 8.01. The van der Waals surface area contributed by atoms with E-state index in [0.717, 1.165) is 6.42 Å². The van der Waals surface area contributed by atoms with Crippen LogP contribution in [0.3, 0.4) is 0 Å². The van der Waals surface area contributed by atoms with Gasteiger partial charge < -0.3 is 10.2 Å². The molecule has 1 N–H and O–H groups in total. The molecule has 2 unspecified atom stereocenters. The van der Waals surface area contributed by atoms with E-state index in [1.54, 1.807) is 29.7 Å². The fourth-order valence-electron chi connectivity index (χ4n) is 3.19. The van der Waals surface area contributed by atoms with Crippen LogP contribution >= 0.6 is 11.8 Å². The van der Waals surface area contributed by atoms with Crippen molar-refractivity contribution in [2.24, 2.45) is 0 Å². The lowest BCUT2D eigenvalue weighted by molar-refractivity contribution is -0.385.